The first kappa shape index (κ1) is 19.8. The van der Waals surface area contributed by atoms with Gasteiger partial charge in [0.15, 0.2) is 5.78 Å². The van der Waals surface area contributed by atoms with E-state index in [2.05, 4.69) is 4.52 Å². The van der Waals surface area contributed by atoms with Crippen molar-refractivity contribution in [2.75, 3.05) is 0 Å². The predicted molar refractivity (Wildman–Crippen MR) is 94.2 cm³/mol. The molecule has 0 aliphatic carbocycles. The number of carbonyl (C=O) groups is 2. The molecule has 7 nitrogen and oxygen atoms in total. The van der Waals surface area contributed by atoms with Crippen LogP contribution < -0.4 is 9.26 Å². The zero-order valence-electron chi connectivity index (χ0n) is 14.3. The zero-order valence-corrected chi connectivity index (χ0v) is 15.2. The number of hydrogen-bond donors (Lipinski definition) is 2. The summed E-state index contributed by atoms with van der Waals surface area (Å²) >= 11 is 0. The van der Waals surface area contributed by atoms with E-state index in [0.29, 0.717) is 17.7 Å². The standard InChI is InChI=1S/C18H19O7P/c1-3-17(13-4-8-15(9-5-13)24-12(2)19)18(20)14-6-10-16(11-7-14)25-26(21,22)23/h4-11,17H,3H2,1-2H3,(H2,21,22,23). The Bertz CT molecular complexity index is 822. The molecule has 8 heteroatoms. The molecule has 2 aromatic rings. The topological polar surface area (TPSA) is 110 Å². The molecule has 0 amide bonds. The maximum Gasteiger partial charge on any atom is 0.524 e. The van der Waals surface area contributed by atoms with Gasteiger partial charge in [-0.25, -0.2) is 4.57 Å². The summed E-state index contributed by atoms with van der Waals surface area (Å²) in [7, 11) is -4.63. The van der Waals surface area contributed by atoms with Gasteiger partial charge in [0, 0.05) is 18.4 Å². The summed E-state index contributed by atoms with van der Waals surface area (Å²) in [6.45, 7) is 3.19. The third-order valence-electron chi connectivity index (χ3n) is 3.63. The molecule has 2 N–H and O–H groups in total. The highest BCUT2D eigenvalue weighted by Gasteiger charge is 2.21. The van der Waals surface area contributed by atoms with Crippen molar-refractivity contribution < 1.29 is 33.2 Å². The molecule has 0 aliphatic heterocycles. The van der Waals surface area contributed by atoms with Crippen molar-refractivity contribution in [3.05, 3.63) is 59.7 Å². The van der Waals surface area contributed by atoms with E-state index in [4.69, 9.17) is 14.5 Å². The number of rotatable bonds is 7. The Labute approximate surface area is 150 Å². The molecule has 26 heavy (non-hydrogen) atoms. The lowest BCUT2D eigenvalue weighted by atomic mass is 9.88. The van der Waals surface area contributed by atoms with Crippen LogP contribution in [-0.4, -0.2) is 21.5 Å². The lowest BCUT2D eigenvalue weighted by molar-refractivity contribution is -0.131. The van der Waals surface area contributed by atoms with Gasteiger partial charge in [-0.15, -0.1) is 0 Å². The van der Waals surface area contributed by atoms with E-state index in [1.165, 1.54) is 31.2 Å². The molecule has 0 aromatic heterocycles. The summed E-state index contributed by atoms with van der Waals surface area (Å²) in [4.78, 5) is 41.3. The Morgan fingerprint density at radius 3 is 2.00 bits per heavy atom. The predicted octanol–water partition coefficient (Wildman–Crippen LogP) is 3.46. The summed E-state index contributed by atoms with van der Waals surface area (Å²) < 4.78 is 20.3. The second-order valence-corrected chi connectivity index (χ2v) is 6.76. The Kier molecular flexibility index (Phi) is 6.32. The molecule has 0 aliphatic rings. The largest absolute Gasteiger partial charge is 0.524 e. The highest BCUT2D eigenvalue weighted by Crippen LogP contribution is 2.37. The highest BCUT2D eigenvalue weighted by molar-refractivity contribution is 7.46. The molecule has 0 saturated heterocycles. The first-order valence-electron chi connectivity index (χ1n) is 7.87. The van der Waals surface area contributed by atoms with Gasteiger partial charge in [-0.05, 0) is 48.4 Å². The molecule has 0 spiro atoms. The highest BCUT2D eigenvalue weighted by atomic mass is 31.2. The molecule has 2 aromatic carbocycles. The van der Waals surface area contributed by atoms with Gasteiger partial charge in [0.25, 0.3) is 0 Å². The van der Waals surface area contributed by atoms with Crippen molar-refractivity contribution in [2.24, 2.45) is 0 Å². The fourth-order valence-corrected chi connectivity index (χ4v) is 2.92. The zero-order chi connectivity index (χ0) is 19.3. The number of benzene rings is 2. The molecule has 2 rings (SSSR count). The van der Waals surface area contributed by atoms with Gasteiger partial charge in [0.2, 0.25) is 0 Å². The number of hydrogen-bond acceptors (Lipinski definition) is 5. The normalized spacial score (nSPS) is 12.3. The maximum atomic E-state index is 12.8. The number of ether oxygens (including phenoxy) is 1. The van der Waals surface area contributed by atoms with Crippen molar-refractivity contribution in [3.63, 3.8) is 0 Å². The van der Waals surface area contributed by atoms with Crippen LogP contribution in [0.3, 0.4) is 0 Å². The molecule has 0 radical (unpaired) electrons. The lowest BCUT2D eigenvalue weighted by Crippen LogP contribution is -2.12. The van der Waals surface area contributed by atoms with Gasteiger partial charge < -0.3 is 9.26 Å². The Hall–Kier alpha value is -2.47. The van der Waals surface area contributed by atoms with Gasteiger partial charge in [0.05, 0.1) is 0 Å². The number of phosphoric ester groups is 1. The van der Waals surface area contributed by atoms with Crippen LogP contribution in [0.15, 0.2) is 48.5 Å². The first-order valence-corrected chi connectivity index (χ1v) is 9.40. The summed E-state index contributed by atoms with van der Waals surface area (Å²) in [5, 5.41) is 0. The van der Waals surface area contributed by atoms with Crippen LogP contribution in [0, 0.1) is 0 Å². The second-order valence-electron chi connectivity index (χ2n) is 5.59. The summed E-state index contributed by atoms with van der Waals surface area (Å²) in [5.41, 5.74) is 1.18. The average molecular weight is 378 g/mol. The van der Waals surface area contributed by atoms with Crippen molar-refractivity contribution in [1.82, 2.24) is 0 Å². The quantitative estimate of drug-likeness (QED) is 0.328. The van der Waals surface area contributed by atoms with Crippen LogP contribution >= 0.6 is 7.82 Å². The fourth-order valence-electron chi connectivity index (χ4n) is 2.53. The van der Waals surface area contributed by atoms with Crippen molar-refractivity contribution in [1.29, 1.82) is 0 Å². The molecule has 1 atom stereocenters. The minimum Gasteiger partial charge on any atom is -0.427 e. The lowest BCUT2D eigenvalue weighted by Gasteiger charge is -2.15. The van der Waals surface area contributed by atoms with Gasteiger partial charge in [-0.3, -0.25) is 19.4 Å². The fraction of sp³-hybridized carbons (Fsp3) is 0.222. The maximum absolute atomic E-state index is 12.8. The summed E-state index contributed by atoms with van der Waals surface area (Å²) in [6, 6.07) is 12.3. The Balaban J connectivity index is 2.17. The van der Waals surface area contributed by atoms with E-state index in [-0.39, 0.29) is 11.5 Å². The molecule has 0 bridgehead atoms. The molecule has 0 heterocycles. The van der Waals surface area contributed by atoms with E-state index in [1.807, 2.05) is 6.92 Å². The van der Waals surface area contributed by atoms with Gasteiger partial charge >= 0.3 is 13.8 Å². The summed E-state index contributed by atoms with van der Waals surface area (Å²) in [5.74, 6) is -0.556. The second kappa shape index (κ2) is 8.27. The third kappa shape index (κ3) is 5.52. The first-order chi connectivity index (χ1) is 12.2. The van der Waals surface area contributed by atoms with E-state index in [0.717, 1.165) is 5.56 Å². The Morgan fingerprint density at radius 1 is 1.00 bits per heavy atom. The Morgan fingerprint density at radius 2 is 1.54 bits per heavy atom. The molecule has 1 unspecified atom stereocenters. The molecular weight excluding hydrogens is 359 g/mol. The van der Waals surface area contributed by atoms with Crippen LogP contribution in [0.1, 0.15) is 42.1 Å². The molecular formula is C18H19O7P. The minimum absolute atomic E-state index is 0.0198. The average Bonchev–Trinajstić information content (AvgIpc) is 2.55. The third-order valence-corrected chi connectivity index (χ3v) is 4.08. The number of ketones is 1. The van der Waals surface area contributed by atoms with Crippen LogP contribution in [0.4, 0.5) is 0 Å². The number of esters is 1. The van der Waals surface area contributed by atoms with Crippen molar-refractivity contribution >= 4 is 19.6 Å². The molecule has 0 saturated carbocycles. The number of carbonyl (C=O) groups excluding carboxylic acids is 2. The van der Waals surface area contributed by atoms with Gasteiger partial charge in [0.1, 0.15) is 11.5 Å². The minimum atomic E-state index is -4.63. The number of Topliss-reactive ketones (excluding diaryl/α,β-unsaturated/α-hetero) is 1. The van der Waals surface area contributed by atoms with E-state index >= 15 is 0 Å². The van der Waals surface area contributed by atoms with Crippen LogP contribution in [0.5, 0.6) is 11.5 Å². The van der Waals surface area contributed by atoms with Gasteiger partial charge in [-0.1, -0.05) is 19.1 Å². The van der Waals surface area contributed by atoms with Crippen molar-refractivity contribution in [3.8, 4) is 11.5 Å². The van der Waals surface area contributed by atoms with Gasteiger partial charge in [-0.2, -0.15) is 0 Å². The molecule has 0 fully saturated rings. The van der Waals surface area contributed by atoms with E-state index in [9.17, 15) is 14.2 Å². The van der Waals surface area contributed by atoms with Crippen LogP contribution in [-0.2, 0) is 9.36 Å². The van der Waals surface area contributed by atoms with Crippen LogP contribution in [0.2, 0.25) is 0 Å². The summed E-state index contributed by atoms with van der Waals surface area (Å²) in [6.07, 6.45) is 0.562. The van der Waals surface area contributed by atoms with E-state index in [1.54, 1.807) is 24.3 Å². The SMILES string of the molecule is CCC(C(=O)c1ccc(OP(=O)(O)O)cc1)c1ccc(OC(C)=O)cc1. The number of phosphoric acid groups is 1. The smallest absolute Gasteiger partial charge is 0.427 e. The van der Waals surface area contributed by atoms with Crippen molar-refractivity contribution in [2.45, 2.75) is 26.2 Å². The van der Waals surface area contributed by atoms with Crippen LogP contribution in [0.25, 0.3) is 0 Å². The van der Waals surface area contributed by atoms with E-state index < -0.39 is 19.7 Å². The molecule has 138 valence electrons. The monoisotopic (exact) mass is 378 g/mol.